The summed E-state index contributed by atoms with van der Waals surface area (Å²) in [5.74, 6) is -2.27. The summed E-state index contributed by atoms with van der Waals surface area (Å²) in [5, 5.41) is 9.30. The first kappa shape index (κ1) is 11.6. The summed E-state index contributed by atoms with van der Waals surface area (Å²) in [7, 11) is 0. The van der Waals surface area contributed by atoms with Crippen LogP contribution in [-0.4, -0.2) is 54.9 Å². The summed E-state index contributed by atoms with van der Waals surface area (Å²) in [4.78, 5) is 10.6. The molecule has 0 aromatic heterocycles. The van der Waals surface area contributed by atoms with E-state index in [1.807, 2.05) is 0 Å². The minimum absolute atomic E-state index is 0.0323. The highest BCUT2D eigenvalue weighted by molar-refractivity contribution is 5.75. The van der Waals surface area contributed by atoms with E-state index in [9.17, 15) is 23.1 Å². The smallest absolute Gasteiger partial charge is 0.450 e. The number of carbonyl (C=O) groups is 1. The van der Waals surface area contributed by atoms with Gasteiger partial charge in [0.1, 0.15) is 18.3 Å². The summed E-state index contributed by atoms with van der Waals surface area (Å²) in [6.45, 7) is -0.233. The number of halogens is 3. The fourth-order valence-corrected chi connectivity index (χ4v) is 1.75. The molecular formula is C8H9F3O5. The number of alkyl halides is 3. The zero-order valence-corrected chi connectivity index (χ0v) is 7.94. The molecule has 0 radical (unpaired) electrons. The van der Waals surface area contributed by atoms with E-state index in [1.165, 1.54) is 0 Å². The minimum atomic E-state index is -5.03. The second kappa shape index (κ2) is 3.86. The highest BCUT2D eigenvalue weighted by Crippen LogP contribution is 2.30. The van der Waals surface area contributed by atoms with Gasteiger partial charge in [-0.05, 0) is 0 Å². The quantitative estimate of drug-likeness (QED) is 0.635. The lowest BCUT2D eigenvalue weighted by Crippen LogP contribution is -2.37. The fraction of sp³-hybridized carbons (Fsp3) is 0.875. The van der Waals surface area contributed by atoms with Crippen molar-refractivity contribution in [3.05, 3.63) is 0 Å². The van der Waals surface area contributed by atoms with E-state index in [-0.39, 0.29) is 13.2 Å². The zero-order valence-electron chi connectivity index (χ0n) is 7.94. The predicted molar refractivity (Wildman–Crippen MR) is 41.4 cm³/mol. The van der Waals surface area contributed by atoms with Gasteiger partial charge in [-0.25, -0.2) is 4.79 Å². The van der Waals surface area contributed by atoms with Crippen LogP contribution in [0.15, 0.2) is 0 Å². The van der Waals surface area contributed by atoms with Gasteiger partial charge < -0.3 is 19.3 Å². The Hall–Kier alpha value is -0.860. The van der Waals surface area contributed by atoms with Gasteiger partial charge in [-0.3, -0.25) is 0 Å². The number of ether oxygens (including phenoxy) is 3. The molecule has 2 aliphatic heterocycles. The lowest BCUT2D eigenvalue weighted by atomic mass is 10.1. The van der Waals surface area contributed by atoms with Gasteiger partial charge in [-0.2, -0.15) is 13.2 Å². The first-order valence-corrected chi connectivity index (χ1v) is 4.58. The maximum absolute atomic E-state index is 11.9. The molecule has 8 heteroatoms. The van der Waals surface area contributed by atoms with Gasteiger partial charge in [-0.15, -0.1) is 0 Å². The Bertz CT molecular complexity index is 292. The lowest BCUT2D eigenvalue weighted by molar-refractivity contribution is -0.208. The predicted octanol–water partition coefficient (Wildman–Crippen LogP) is -0.381. The van der Waals surface area contributed by atoms with Crippen LogP contribution in [0.1, 0.15) is 0 Å². The summed E-state index contributed by atoms with van der Waals surface area (Å²) in [5.41, 5.74) is 0. The Kier molecular flexibility index (Phi) is 2.81. The highest BCUT2D eigenvalue weighted by Gasteiger charge is 2.51. The van der Waals surface area contributed by atoms with Crippen LogP contribution in [0, 0.1) is 0 Å². The molecule has 1 N–H and O–H groups in total. The monoisotopic (exact) mass is 242 g/mol. The van der Waals surface area contributed by atoms with E-state index in [2.05, 4.69) is 4.74 Å². The molecule has 0 spiro atoms. The second-order valence-electron chi connectivity index (χ2n) is 3.60. The Balaban J connectivity index is 1.95. The van der Waals surface area contributed by atoms with Gasteiger partial charge in [-0.1, -0.05) is 0 Å². The summed E-state index contributed by atoms with van der Waals surface area (Å²) >= 11 is 0. The van der Waals surface area contributed by atoms with Crippen LogP contribution in [-0.2, 0) is 19.0 Å². The average Bonchev–Trinajstić information content (AvgIpc) is 2.70. The first-order chi connectivity index (χ1) is 7.39. The van der Waals surface area contributed by atoms with Gasteiger partial charge in [0.05, 0.1) is 13.2 Å². The number of fused-ring (bicyclic) bond motifs is 1. The van der Waals surface area contributed by atoms with Crippen LogP contribution in [0.2, 0.25) is 0 Å². The number of hydrogen-bond acceptors (Lipinski definition) is 5. The van der Waals surface area contributed by atoms with Crippen molar-refractivity contribution >= 4 is 5.97 Å². The van der Waals surface area contributed by atoms with E-state index < -0.39 is 36.6 Å². The van der Waals surface area contributed by atoms with Crippen LogP contribution >= 0.6 is 0 Å². The van der Waals surface area contributed by atoms with Crippen LogP contribution in [0.4, 0.5) is 13.2 Å². The maximum atomic E-state index is 11.9. The second-order valence-corrected chi connectivity index (χ2v) is 3.60. The molecule has 2 heterocycles. The molecule has 2 saturated heterocycles. The largest absolute Gasteiger partial charge is 0.490 e. The van der Waals surface area contributed by atoms with E-state index in [0.717, 1.165) is 0 Å². The molecule has 16 heavy (non-hydrogen) atoms. The summed E-state index contributed by atoms with van der Waals surface area (Å²) in [6, 6.07) is 0. The van der Waals surface area contributed by atoms with E-state index >= 15 is 0 Å². The fourth-order valence-electron chi connectivity index (χ4n) is 1.75. The minimum Gasteiger partial charge on any atom is -0.450 e. The lowest BCUT2D eigenvalue weighted by Gasteiger charge is -2.17. The molecule has 4 atom stereocenters. The number of aliphatic hydroxyl groups is 1. The molecule has 0 aromatic carbocycles. The molecule has 0 amide bonds. The first-order valence-electron chi connectivity index (χ1n) is 4.58. The molecule has 5 nitrogen and oxygen atoms in total. The number of hydrogen-bond donors (Lipinski definition) is 1. The van der Waals surface area contributed by atoms with Crippen molar-refractivity contribution in [1.82, 2.24) is 0 Å². The molecule has 0 aromatic rings. The van der Waals surface area contributed by atoms with E-state index in [0.29, 0.717) is 0 Å². The van der Waals surface area contributed by atoms with Crippen molar-refractivity contribution in [2.24, 2.45) is 0 Å². The van der Waals surface area contributed by atoms with Gasteiger partial charge in [0.15, 0.2) is 6.10 Å². The molecule has 2 aliphatic rings. The SMILES string of the molecule is O=C(O[C@@H]1CO[C@H]2[C@@H]1OC[C@@H]2O)C(F)(F)F. The number of rotatable bonds is 1. The standard InChI is InChI=1S/C8H9F3O5/c9-8(10,11)7(13)16-4-2-15-5-3(12)1-14-6(4)5/h3-6,12H,1-2H2/t3-,4+,5+,6+/m0/s1. The third kappa shape index (κ3) is 2.00. The summed E-state index contributed by atoms with van der Waals surface area (Å²) in [6.07, 6.45) is -8.57. The van der Waals surface area contributed by atoms with Crippen molar-refractivity contribution in [1.29, 1.82) is 0 Å². The van der Waals surface area contributed by atoms with Crippen LogP contribution in [0.3, 0.4) is 0 Å². The van der Waals surface area contributed by atoms with Gasteiger partial charge in [0, 0.05) is 0 Å². The van der Waals surface area contributed by atoms with Crippen molar-refractivity contribution < 1.29 is 37.3 Å². The average molecular weight is 242 g/mol. The molecule has 0 saturated carbocycles. The molecule has 2 fully saturated rings. The normalized spacial score (nSPS) is 38.5. The third-order valence-electron chi connectivity index (χ3n) is 2.47. The Morgan fingerprint density at radius 3 is 2.50 bits per heavy atom. The van der Waals surface area contributed by atoms with Crippen molar-refractivity contribution in [2.75, 3.05) is 13.2 Å². The zero-order chi connectivity index (χ0) is 11.9. The number of carbonyl (C=O) groups excluding carboxylic acids is 1. The topological polar surface area (TPSA) is 65.0 Å². The van der Waals surface area contributed by atoms with Gasteiger partial charge >= 0.3 is 12.1 Å². The molecular weight excluding hydrogens is 233 g/mol. The maximum Gasteiger partial charge on any atom is 0.490 e. The van der Waals surface area contributed by atoms with Crippen LogP contribution in [0.5, 0.6) is 0 Å². The number of esters is 1. The van der Waals surface area contributed by atoms with E-state index in [1.54, 1.807) is 0 Å². The molecule has 0 aliphatic carbocycles. The molecule has 0 unspecified atom stereocenters. The molecule has 0 bridgehead atoms. The van der Waals surface area contributed by atoms with Crippen molar-refractivity contribution in [3.8, 4) is 0 Å². The van der Waals surface area contributed by atoms with Crippen molar-refractivity contribution in [2.45, 2.75) is 30.6 Å². The Morgan fingerprint density at radius 2 is 1.88 bits per heavy atom. The highest BCUT2D eigenvalue weighted by atomic mass is 19.4. The Labute approximate surface area is 88.1 Å². The van der Waals surface area contributed by atoms with Crippen LogP contribution < -0.4 is 0 Å². The van der Waals surface area contributed by atoms with Crippen molar-refractivity contribution in [3.63, 3.8) is 0 Å². The Morgan fingerprint density at radius 1 is 1.25 bits per heavy atom. The van der Waals surface area contributed by atoms with E-state index in [4.69, 9.17) is 9.47 Å². The molecule has 92 valence electrons. The van der Waals surface area contributed by atoms with Crippen LogP contribution in [0.25, 0.3) is 0 Å². The third-order valence-corrected chi connectivity index (χ3v) is 2.47. The summed E-state index contributed by atoms with van der Waals surface area (Å²) < 4.78 is 50.0. The number of aliphatic hydroxyl groups excluding tert-OH is 1. The van der Waals surface area contributed by atoms with Gasteiger partial charge in [0.2, 0.25) is 0 Å². The molecule has 2 rings (SSSR count). The van der Waals surface area contributed by atoms with Gasteiger partial charge in [0.25, 0.3) is 0 Å².